The lowest BCUT2D eigenvalue weighted by molar-refractivity contribution is 0.311. The molecule has 1 aromatic carbocycles. The van der Waals surface area contributed by atoms with E-state index < -0.39 is 0 Å². The Bertz CT molecular complexity index is 781. The SMILES string of the molecule is Cc1nc(N2CCN(C)CC2)ncc1Sc1ccc(C#N)c(Cl)c1. The lowest BCUT2D eigenvalue weighted by atomic mass is 10.2. The molecule has 0 bridgehead atoms. The number of benzene rings is 1. The van der Waals surface area contributed by atoms with E-state index in [1.54, 1.807) is 23.9 Å². The number of rotatable bonds is 3. The zero-order valence-electron chi connectivity index (χ0n) is 13.7. The highest BCUT2D eigenvalue weighted by Crippen LogP contribution is 2.32. The molecule has 1 aliphatic heterocycles. The van der Waals surface area contributed by atoms with Crippen molar-refractivity contribution in [3.63, 3.8) is 0 Å². The van der Waals surface area contributed by atoms with E-state index in [9.17, 15) is 0 Å². The lowest BCUT2D eigenvalue weighted by Gasteiger charge is -2.32. The molecule has 0 amide bonds. The smallest absolute Gasteiger partial charge is 0.225 e. The Morgan fingerprint density at radius 2 is 2.00 bits per heavy atom. The van der Waals surface area contributed by atoms with Crippen LogP contribution in [0.2, 0.25) is 5.02 Å². The van der Waals surface area contributed by atoms with Gasteiger partial charge in [-0.15, -0.1) is 0 Å². The van der Waals surface area contributed by atoms with Crippen LogP contribution in [0.4, 0.5) is 5.95 Å². The molecule has 0 saturated carbocycles. The summed E-state index contributed by atoms with van der Waals surface area (Å²) in [7, 11) is 2.13. The predicted octanol–water partition coefficient (Wildman–Crippen LogP) is 3.21. The van der Waals surface area contributed by atoms with Gasteiger partial charge in [-0.05, 0) is 32.2 Å². The fourth-order valence-corrected chi connectivity index (χ4v) is 3.63. The van der Waals surface area contributed by atoms with E-state index in [1.165, 1.54) is 0 Å². The van der Waals surface area contributed by atoms with Crippen LogP contribution in [0.3, 0.4) is 0 Å². The number of nitriles is 1. The first-order chi connectivity index (χ1) is 11.6. The first kappa shape index (κ1) is 17.0. The summed E-state index contributed by atoms with van der Waals surface area (Å²) < 4.78 is 0. The zero-order valence-corrected chi connectivity index (χ0v) is 15.2. The molecule has 1 aromatic heterocycles. The third-order valence-electron chi connectivity index (χ3n) is 4.00. The fraction of sp³-hybridized carbons (Fsp3) is 0.353. The van der Waals surface area contributed by atoms with Crippen molar-refractivity contribution in [3.8, 4) is 6.07 Å². The summed E-state index contributed by atoms with van der Waals surface area (Å²) in [6.07, 6.45) is 1.87. The second-order valence-electron chi connectivity index (χ2n) is 5.77. The van der Waals surface area contributed by atoms with Crippen LogP contribution in [0.5, 0.6) is 0 Å². The first-order valence-corrected chi connectivity index (χ1v) is 8.91. The summed E-state index contributed by atoms with van der Waals surface area (Å²) in [6, 6.07) is 7.50. The van der Waals surface area contributed by atoms with E-state index in [0.29, 0.717) is 10.6 Å². The second kappa shape index (κ2) is 7.39. The highest BCUT2D eigenvalue weighted by molar-refractivity contribution is 7.99. The van der Waals surface area contributed by atoms with Gasteiger partial charge in [0.15, 0.2) is 0 Å². The molecule has 7 heteroatoms. The minimum absolute atomic E-state index is 0.468. The van der Waals surface area contributed by atoms with Crippen molar-refractivity contribution in [2.45, 2.75) is 16.7 Å². The molecule has 0 aliphatic carbocycles. The monoisotopic (exact) mass is 359 g/mol. The summed E-state index contributed by atoms with van der Waals surface area (Å²) in [5.41, 5.74) is 1.43. The van der Waals surface area contributed by atoms with Crippen LogP contribution in [0.25, 0.3) is 0 Å². The highest BCUT2D eigenvalue weighted by Gasteiger charge is 2.17. The normalized spacial score (nSPS) is 15.3. The van der Waals surface area contributed by atoms with E-state index in [4.69, 9.17) is 16.9 Å². The maximum atomic E-state index is 8.95. The number of hydrogen-bond acceptors (Lipinski definition) is 6. The number of piperazine rings is 1. The van der Waals surface area contributed by atoms with Gasteiger partial charge < -0.3 is 9.80 Å². The molecule has 124 valence electrons. The number of halogens is 1. The molecular formula is C17H18ClN5S. The minimum atomic E-state index is 0.468. The van der Waals surface area contributed by atoms with Gasteiger partial charge in [0, 0.05) is 37.3 Å². The van der Waals surface area contributed by atoms with E-state index in [1.807, 2.05) is 19.2 Å². The van der Waals surface area contributed by atoms with Crippen molar-refractivity contribution >= 4 is 29.3 Å². The van der Waals surface area contributed by atoms with Gasteiger partial charge in [-0.3, -0.25) is 0 Å². The van der Waals surface area contributed by atoms with Crippen molar-refractivity contribution < 1.29 is 0 Å². The third-order valence-corrected chi connectivity index (χ3v) is 5.42. The van der Waals surface area contributed by atoms with Crippen LogP contribution >= 0.6 is 23.4 Å². The summed E-state index contributed by atoms with van der Waals surface area (Å²) in [6.45, 7) is 5.96. The molecule has 1 saturated heterocycles. The van der Waals surface area contributed by atoms with Gasteiger partial charge in [0.05, 0.1) is 21.2 Å². The first-order valence-electron chi connectivity index (χ1n) is 7.71. The maximum Gasteiger partial charge on any atom is 0.225 e. The Hall–Kier alpha value is -1.81. The second-order valence-corrected chi connectivity index (χ2v) is 7.29. The number of hydrogen-bond donors (Lipinski definition) is 0. The third kappa shape index (κ3) is 3.81. The van der Waals surface area contributed by atoms with Crippen LogP contribution < -0.4 is 4.90 Å². The van der Waals surface area contributed by atoms with Crippen LogP contribution in [-0.2, 0) is 0 Å². The minimum Gasteiger partial charge on any atom is -0.338 e. The van der Waals surface area contributed by atoms with Gasteiger partial charge in [-0.25, -0.2) is 9.97 Å². The molecule has 0 atom stereocenters. The molecule has 2 heterocycles. The Balaban J connectivity index is 1.75. The molecule has 2 aromatic rings. The summed E-state index contributed by atoms with van der Waals surface area (Å²) >= 11 is 7.65. The molecule has 0 unspecified atom stereocenters. The number of aromatic nitrogens is 2. The van der Waals surface area contributed by atoms with E-state index >= 15 is 0 Å². The van der Waals surface area contributed by atoms with Gasteiger partial charge in [-0.2, -0.15) is 5.26 Å². The largest absolute Gasteiger partial charge is 0.338 e. The number of likely N-dealkylation sites (N-methyl/N-ethyl adjacent to an activating group) is 1. The highest BCUT2D eigenvalue weighted by atomic mass is 35.5. The van der Waals surface area contributed by atoms with Crippen molar-refractivity contribution in [2.75, 3.05) is 38.1 Å². The molecule has 5 nitrogen and oxygen atoms in total. The van der Waals surface area contributed by atoms with Crippen molar-refractivity contribution in [2.24, 2.45) is 0 Å². The molecular weight excluding hydrogens is 342 g/mol. The van der Waals surface area contributed by atoms with Crippen molar-refractivity contribution in [1.82, 2.24) is 14.9 Å². The summed E-state index contributed by atoms with van der Waals surface area (Å²) in [5.74, 6) is 0.794. The Labute approximate surface area is 151 Å². The molecule has 1 aliphatic rings. The Kier molecular flexibility index (Phi) is 5.24. The lowest BCUT2D eigenvalue weighted by Crippen LogP contribution is -2.45. The van der Waals surface area contributed by atoms with Crippen LogP contribution in [-0.4, -0.2) is 48.1 Å². The molecule has 24 heavy (non-hydrogen) atoms. The molecule has 0 N–H and O–H groups in total. The maximum absolute atomic E-state index is 8.95. The van der Waals surface area contributed by atoms with Crippen LogP contribution in [0.1, 0.15) is 11.3 Å². The predicted molar refractivity (Wildman–Crippen MR) is 96.8 cm³/mol. The van der Waals surface area contributed by atoms with Crippen molar-refractivity contribution in [3.05, 3.63) is 40.7 Å². The van der Waals surface area contributed by atoms with Crippen LogP contribution in [0.15, 0.2) is 34.2 Å². The van der Waals surface area contributed by atoms with Crippen LogP contribution in [0, 0.1) is 18.3 Å². The zero-order chi connectivity index (χ0) is 17.1. The van der Waals surface area contributed by atoms with Gasteiger partial charge in [0.25, 0.3) is 0 Å². The molecule has 0 radical (unpaired) electrons. The summed E-state index contributed by atoms with van der Waals surface area (Å²) in [5, 5.41) is 9.41. The average Bonchev–Trinajstić information content (AvgIpc) is 2.57. The fourth-order valence-electron chi connectivity index (χ4n) is 2.48. The van der Waals surface area contributed by atoms with E-state index in [2.05, 4.69) is 32.9 Å². The van der Waals surface area contributed by atoms with Gasteiger partial charge in [0.2, 0.25) is 5.95 Å². The number of aryl methyl sites for hydroxylation is 1. The van der Waals surface area contributed by atoms with Crippen molar-refractivity contribution in [1.29, 1.82) is 5.26 Å². The Morgan fingerprint density at radius 1 is 1.25 bits per heavy atom. The summed E-state index contributed by atoms with van der Waals surface area (Å²) in [4.78, 5) is 15.7. The number of nitrogens with zero attached hydrogens (tertiary/aromatic N) is 5. The topological polar surface area (TPSA) is 56.1 Å². The average molecular weight is 360 g/mol. The number of anilines is 1. The van der Waals surface area contributed by atoms with Gasteiger partial charge in [-0.1, -0.05) is 23.4 Å². The van der Waals surface area contributed by atoms with Gasteiger partial charge in [0.1, 0.15) is 6.07 Å². The van der Waals surface area contributed by atoms with Gasteiger partial charge >= 0.3 is 0 Å². The van der Waals surface area contributed by atoms with E-state index in [-0.39, 0.29) is 0 Å². The standard InChI is InChI=1S/C17H18ClN5S/c1-12-16(24-14-4-3-13(10-19)15(18)9-14)11-20-17(21-12)23-7-5-22(2)6-8-23/h3-4,9,11H,5-8H2,1-2H3. The molecule has 1 fully saturated rings. The molecule has 3 rings (SSSR count). The molecule has 0 spiro atoms. The Morgan fingerprint density at radius 3 is 2.62 bits per heavy atom. The van der Waals surface area contributed by atoms with E-state index in [0.717, 1.165) is 47.6 Å². The quantitative estimate of drug-likeness (QED) is 0.838.